The minimum atomic E-state index is -2.68. The molecular formula is C13H10Cl2O8S2. The van der Waals surface area contributed by atoms with Crippen LogP contribution in [0.2, 0.25) is 10.0 Å². The van der Waals surface area contributed by atoms with Crippen LogP contribution in [-0.4, -0.2) is 27.7 Å². The number of aromatic hydroxyl groups is 2. The molecule has 136 valence electrons. The minimum absolute atomic E-state index is 0.0997. The molecule has 0 fully saturated rings. The van der Waals surface area contributed by atoms with Crippen LogP contribution in [0.1, 0.15) is 11.1 Å². The third-order valence-corrected chi connectivity index (χ3v) is 4.02. The molecule has 0 spiro atoms. The highest BCUT2D eigenvalue weighted by atomic mass is 35.5. The number of phenolic OH excluding ortho intramolecular Hbond substituents is 2. The standard InChI is InChI=1S/C13H10Cl2O8S2/c14-8-2-6(12(16)10(4-8)22-24(18)19)1-7-3-9(15)5-11(13(7)17)23-25(20)21/h2-5,16-17H,1H2,(H,18,19)(H,20,21). The number of rotatable bonds is 6. The molecule has 8 nitrogen and oxygen atoms in total. The average Bonchev–Trinajstić information content (AvgIpc) is 2.47. The van der Waals surface area contributed by atoms with Crippen molar-refractivity contribution in [2.24, 2.45) is 0 Å². The zero-order valence-electron chi connectivity index (χ0n) is 12.0. The normalized spacial score (nSPS) is 13.3. The van der Waals surface area contributed by atoms with Crippen LogP contribution in [0.25, 0.3) is 0 Å². The van der Waals surface area contributed by atoms with Crippen molar-refractivity contribution in [3.05, 3.63) is 45.4 Å². The molecular weight excluding hydrogens is 419 g/mol. The van der Waals surface area contributed by atoms with Crippen molar-refractivity contribution in [2.75, 3.05) is 0 Å². The Morgan fingerprint density at radius 1 is 0.800 bits per heavy atom. The van der Waals surface area contributed by atoms with Crippen LogP contribution in [0, 0.1) is 0 Å². The van der Waals surface area contributed by atoms with Crippen molar-refractivity contribution in [1.29, 1.82) is 0 Å². The lowest BCUT2D eigenvalue weighted by molar-refractivity contribution is 0.410. The highest BCUT2D eigenvalue weighted by Crippen LogP contribution is 2.39. The molecule has 25 heavy (non-hydrogen) atoms. The summed E-state index contributed by atoms with van der Waals surface area (Å²) in [6.07, 6.45) is -0.137. The minimum Gasteiger partial charge on any atom is -0.504 e. The molecule has 0 aliphatic rings. The van der Waals surface area contributed by atoms with E-state index in [0.29, 0.717) is 0 Å². The largest absolute Gasteiger partial charge is 0.504 e. The molecule has 12 heteroatoms. The lowest BCUT2D eigenvalue weighted by atomic mass is 10.0. The molecule has 0 aliphatic heterocycles. The maximum Gasteiger partial charge on any atom is 0.357 e. The predicted molar refractivity (Wildman–Crippen MR) is 91.8 cm³/mol. The van der Waals surface area contributed by atoms with E-state index in [0.717, 1.165) is 12.1 Å². The zero-order chi connectivity index (χ0) is 18.7. The van der Waals surface area contributed by atoms with Gasteiger partial charge in [-0.05, 0) is 12.1 Å². The molecule has 0 amide bonds. The Balaban J connectivity index is 2.46. The summed E-state index contributed by atoms with van der Waals surface area (Å²) >= 11 is 6.41. The third kappa shape index (κ3) is 5.21. The van der Waals surface area contributed by atoms with E-state index in [1.165, 1.54) is 12.1 Å². The van der Waals surface area contributed by atoms with E-state index in [-0.39, 0.29) is 39.1 Å². The van der Waals surface area contributed by atoms with Crippen LogP contribution in [0.4, 0.5) is 0 Å². The summed E-state index contributed by atoms with van der Waals surface area (Å²) in [6, 6.07) is 4.95. The first kappa shape index (κ1) is 19.8. The SMILES string of the molecule is O=S(O)Oc1cc(Cl)cc(Cc2cc(Cl)cc(OS(=O)O)c2O)c1O. The topological polar surface area (TPSA) is 134 Å². The maximum absolute atomic E-state index is 10.8. The third-order valence-electron chi connectivity index (χ3n) is 2.94. The molecule has 2 aromatic rings. The van der Waals surface area contributed by atoms with E-state index in [9.17, 15) is 18.6 Å². The summed E-state index contributed by atoms with van der Waals surface area (Å²) in [7, 11) is 0. The van der Waals surface area contributed by atoms with E-state index in [1.54, 1.807) is 0 Å². The highest BCUT2D eigenvalue weighted by molar-refractivity contribution is 7.74. The zero-order valence-corrected chi connectivity index (χ0v) is 15.2. The van der Waals surface area contributed by atoms with E-state index in [4.69, 9.17) is 32.3 Å². The monoisotopic (exact) mass is 428 g/mol. The van der Waals surface area contributed by atoms with Crippen molar-refractivity contribution in [3.8, 4) is 23.0 Å². The Morgan fingerprint density at radius 2 is 1.16 bits per heavy atom. The van der Waals surface area contributed by atoms with E-state index in [2.05, 4.69) is 8.37 Å². The van der Waals surface area contributed by atoms with Gasteiger partial charge in [0.2, 0.25) is 0 Å². The van der Waals surface area contributed by atoms with Crippen molar-refractivity contribution in [2.45, 2.75) is 6.42 Å². The second-order valence-electron chi connectivity index (χ2n) is 4.60. The summed E-state index contributed by atoms with van der Waals surface area (Å²) in [5, 5.41) is 20.5. The van der Waals surface area contributed by atoms with Crippen LogP contribution in [-0.2, 0) is 29.1 Å². The summed E-state index contributed by atoms with van der Waals surface area (Å²) in [5.41, 5.74) is 0.281. The summed E-state index contributed by atoms with van der Waals surface area (Å²) in [4.78, 5) is 0. The molecule has 4 N–H and O–H groups in total. The van der Waals surface area contributed by atoms with Crippen molar-refractivity contribution >= 4 is 45.9 Å². The number of hydrogen-bond acceptors (Lipinski definition) is 6. The van der Waals surface area contributed by atoms with E-state index < -0.39 is 34.2 Å². The molecule has 2 unspecified atom stereocenters. The molecule has 0 bridgehead atoms. The summed E-state index contributed by atoms with van der Waals surface area (Å²) in [5.74, 6) is -1.62. The number of benzene rings is 2. The van der Waals surface area contributed by atoms with Crippen LogP contribution < -0.4 is 8.37 Å². The van der Waals surface area contributed by atoms with Crippen molar-refractivity contribution in [3.63, 3.8) is 0 Å². The molecule has 0 aliphatic carbocycles. The first-order valence-electron chi connectivity index (χ1n) is 6.28. The quantitative estimate of drug-likeness (QED) is 0.515. The van der Waals surface area contributed by atoms with Gasteiger partial charge in [-0.1, -0.05) is 23.2 Å². The second-order valence-corrected chi connectivity index (χ2v) is 6.68. The molecule has 0 heterocycles. The fourth-order valence-corrected chi connectivity index (χ4v) is 3.03. The first-order valence-corrected chi connectivity index (χ1v) is 9.10. The van der Waals surface area contributed by atoms with Crippen LogP contribution in [0.3, 0.4) is 0 Å². The van der Waals surface area contributed by atoms with Gasteiger partial charge in [-0.2, -0.15) is 8.42 Å². The van der Waals surface area contributed by atoms with Gasteiger partial charge in [0.25, 0.3) is 0 Å². The average molecular weight is 429 g/mol. The summed E-state index contributed by atoms with van der Waals surface area (Å²) < 4.78 is 48.1. The smallest absolute Gasteiger partial charge is 0.357 e. The molecule has 0 saturated heterocycles. The Kier molecular flexibility index (Phi) is 6.49. The van der Waals surface area contributed by atoms with Gasteiger partial charge in [0.05, 0.1) is 0 Å². The fraction of sp³-hybridized carbons (Fsp3) is 0.0769. The molecule has 2 aromatic carbocycles. The van der Waals surface area contributed by atoms with Gasteiger partial charge < -0.3 is 18.6 Å². The number of halogens is 2. The predicted octanol–water partition coefficient (Wildman–Crippen LogP) is 3.03. The maximum atomic E-state index is 10.8. The molecule has 0 radical (unpaired) electrons. The van der Waals surface area contributed by atoms with Gasteiger partial charge in [-0.3, -0.25) is 9.11 Å². The lowest BCUT2D eigenvalue weighted by Gasteiger charge is -2.13. The van der Waals surface area contributed by atoms with Gasteiger partial charge in [0, 0.05) is 39.7 Å². The molecule has 0 aromatic heterocycles. The molecule has 0 saturated carbocycles. The number of hydrogen-bond donors (Lipinski definition) is 4. The van der Waals surface area contributed by atoms with Gasteiger partial charge >= 0.3 is 22.7 Å². The van der Waals surface area contributed by atoms with Crippen LogP contribution in [0.15, 0.2) is 24.3 Å². The Hall–Kier alpha value is -1.56. The van der Waals surface area contributed by atoms with Gasteiger partial charge in [0.1, 0.15) is 0 Å². The highest BCUT2D eigenvalue weighted by Gasteiger charge is 2.18. The van der Waals surface area contributed by atoms with Gasteiger partial charge in [0.15, 0.2) is 23.0 Å². The van der Waals surface area contributed by atoms with E-state index >= 15 is 0 Å². The Bertz CT molecular complexity index is 789. The van der Waals surface area contributed by atoms with Crippen LogP contribution in [0.5, 0.6) is 23.0 Å². The van der Waals surface area contributed by atoms with Gasteiger partial charge in [-0.15, -0.1) is 0 Å². The van der Waals surface area contributed by atoms with Crippen molar-refractivity contribution in [1.82, 2.24) is 0 Å². The van der Waals surface area contributed by atoms with Crippen LogP contribution >= 0.6 is 23.2 Å². The summed E-state index contributed by atoms with van der Waals surface area (Å²) in [6.45, 7) is 0. The molecule has 2 atom stereocenters. The Morgan fingerprint density at radius 3 is 1.48 bits per heavy atom. The second kappa shape index (κ2) is 8.21. The molecule has 2 rings (SSSR count). The first-order chi connectivity index (χ1) is 11.7. The fourth-order valence-electron chi connectivity index (χ4n) is 2.01. The Labute approximate surface area is 156 Å². The van der Waals surface area contributed by atoms with Gasteiger partial charge in [-0.25, -0.2) is 0 Å². The lowest BCUT2D eigenvalue weighted by Crippen LogP contribution is -2.01. The number of phenols is 2. The van der Waals surface area contributed by atoms with E-state index in [1.807, 2.05) is 0 Å². The van der Waals surface area contributed by atoms with Crippen molar-refractivity contribution < 1.29 is 36.1 Å².